The number of carbonyl (C=O) groups is 3. The van der Waals surface area contributed by atoms with Crippen LogP contribution in [0.3, 0.4) is 0 Å². The van der Waals surface area contributed by atoms with Crippen molar-refractivity contribution in [2.24, 2.45) is 5.92 Å². The molecule has 0 aliphatic rings. The lowest BCUT2D eigenvalue weighted by atomic mass is 10.1. The summed E-state index contributed by atoms with van der Waals surface area (Å²) in [5.74, 6) is -1.28. The maximum Gasteiger partial charge on any atom is 0.326 e. The zero-order valence-corrected chi connectivity index (χ0v) is 9.95. The van der Waals surface area contributed by atoms with Gasteiger partial charge in [0.1, 0.15) is 11.8 Å². The number of aliphatic carboxylic acids is 1. The Labute approximate surface area is 95.2 Å². The number of ketones is 1. The van der Waals surface area contributed by atoms with Crippen LogP contribution in [-0.2, 0) is 14.4 Å². The lowest BCUT2D eigenvalue weighted by molar-refractivity contribution is -0.142. The van der Waals surface area contributed by atoms with Crippen molar-refractivity contribution in [2.45, 2.75) is 46.1 Å². The first kappa shape index (κ1) is 14.6. The Kier molecular flexibility index (Phi) is 6.37. The molecule has 1 amide bonds. The molecule has 0 radical (unpaired) electrons. The molecule has 5 nitrogen and oxygen atoms in total. The molecule has 0 aliphatic heterocycles. The third-order valence-corrected chi connectivity index (χ3v) is 2.01. The lowest BCUT2D eigenvalue weighted by Crippen LogP contribution is -2.41. The van der Waals surface area contributed by atoms with Crippen LogP contribution in [0, 0.1) is 5.92 Å². The average molecular weight is 229 g/mol. The molecule has 92 valence electrons. The highest BCUT2D eigenvalue weighted by atomic mass is 16.4. The van der Waals surface area contributed by atoms with E-state index in [0.717, 1.165) is 0 Å². The zero-order chi connectivity index (χ0) is 12.7. The molecule has 0 unspecified atom stereocenters. The van der Waals surface area contributed by atoms with E-state index in [1.165, 1.54) is 6.92 Å². The molecular weight excluding hydrogens is 210 g/mol. The topological polar surface area (TPSA) is 83.5 Å². The third-order valence-electron chi connectivity index (χ3n) is 2.01. The van der Waals surface area contributed by atoms with Crippen molar-refractivity contribution in [1.82, 2.24) is 5.32 Å². The molecular formula is C11H19NO4. The van der Waals surface area contributed by atoms with E-state index in [-0.39, 0.29) is 30.4 Å². The van der Waals surface area contributed by atoms with Crippen molar-refractivity contribution in [1.29, 1.82) is 0 Å². The molecule has 0 aromatic rings. The molecule has 0 heterocycles. The van der Waals surface area contributed by atoms with Gasteiger partial charge >= 0.3 is 5.97 Å². The Morgan fingerprint density at radius 1 is 1.25 bits per heavy atom. The fourth-order valence-corrected chi connectivity index (χ4v) is 1.23. The standard InChI is InChI=1S/C11H19NO4/c1-7(2)6-10(14)12-9(11(15)16)5-4-8(3)13/h7,9H,4-6H2,1-3H3,(H,12,14)(H,15,16)/t9-/m1/s1. The van der Waals surface area contributed by atoms with Gasteiger partial charge in [0, 0.05) is 12.8 Å². The second kappa shape index (κ2) is 6.98. The predicted octanol–water partition coefficient (Wildman–Crippen LogP) is 0.971. The minimum atomic E-state index is -1.10. The van der Waals surface area contributed by atoms with Gasteiger partial charge in [0.2, 0.25) is 5.91 Å². The third kappa shape index (κ3) is 6.98. The van der Waals surface area contributed by atoms with Crippen molar-refractivity contribution >= 4 is 17.7 Å². The molecule has 0 spiro atoms. The Balaban J connectivity index is 4.17. The van der Waals surface area contributed by atoms with Gasteiger partial charge in [-0.05, 0) is 19.3 Å². The van der Waals surface area contributed by atoms with E-state index in [1.54, 1.807) is 0 Å². The molecule has 16 heavy (non-hydrogen) atoms. The van der Waals surface area contributed by atoms with Crippen LogP contribution in [0.2, 0.25) is 0 Å². The molecule has 0 fully saturated rings. The summed E-state index contributed by atoms with van der Waals surface area (Å²) in [6.07, 6.45) is 0.608. The number of Topliss-reactive ketones (excluding diaryl/α,β-unsaturated/α-hetero) is 1. The number of nitrogens with one attached hydrogen (secondary N) is 1. The molecule has 0 aliphatic carbocycles. The van der Waals surface area contributed by atoms with Crippen LogP contribution in [0.25, 0.3) is 0 Å². The smallest absolute Gasteiger partial charge is 0.326 e. The van der Waals surface area contributed by atoms with Crippen LogP contribution in [0.15, 0.2) is 0 Å². The Morgan fingerprint density at radius 3 is 2.19 bits per heavy atom. The zero-order valence-electron chi connectivity index (χ0n) is 9.95. The molecule has 0 aromatic carbocycles. The number of carboxylic acid groups (broad SMARTS) is 1. The highest BCUT2D eigenvalue weighted by Gasteiger charge is 2.20. The summed E-state index contributed by atoms with van der Waals surface area (Å²) in [6.45, 7) is 5.16. The van der Waals surface area contributed by atoms with Gasteiger partial charge in [-0.25, -0.2) is 4.79 Å². The fraction of sp³-hybridized carbons (Fsp3) is 0.727. The molecule has 0 saturated heterocycles. The van der Waals surface area contributed by atoms with Crippen LogP contribution in [-0.4, -0.2) is 28.8 Å². The van der Waals surface area contributed by atoms with Gasteiger partial charge in [0.05, 0.1) is 0 Å². The maximum absolute atomic E-state index is 11.4. The normalized spacial score (nSPS) is 12.2. The van der Waals surface area contributed by atoms with Crippen LogP contribution in [0.1, 0.15) is 40.0 Å². The average Bonchev–Trinajstić information content (AvgIpc) is 2.09. The Bertz CT molecular complexity index is 273. The summed E-state index contributed by atoms with van der Waals surface area (Å²) in [4.78, 5) is 32.9. The summed E-state index contributed by atoms with van der Waals surface area (Å²) in [6, 6.07) is -0.963. The van der Waals surface area contributed by atoms with Crippen LogP contribution >= 0.6 is 0 Å². The van der Waals surface area contributed by atoms with Crippen LogP contribution in [0.5, 0.6) is 0 Å². The van der Waals surface area contributed by atoms with Crippen molar-refractivity contribution in [2.75, 3.05) is 0 Å². The van der Waals surface area contributed by atoms with Crippen LogP contribution in [0.4, 0.5) is 0 Å². The lowest BCUT2D eigenvalue weighted by Gasteiger charge is -2.14. The van der Waals surface area contributed by atoms with E-state index < -0.39 is 12.0 Å². The van der Waals surface area contributed by atoms with Gasteiger partial charge in [-0.1, -0.05) is 13.8 Å². The van der Waals surface area contributed by atoms with Gasteiger partial charge in [-0.2, -0.15) is 0 Å². The Morgan fingerprint density at radius 2 is 1.81 bits per heavy atom. The molecule has 5 heteroatoms. The first-order valence-electron chi connectivity index (χ1n) is 5.34. The second-order valence-electron chi connectivity index (χ2n) is 4.30. The quantitative estimate of drug-likeness (QED) is 0.681. The Hall–Kier alpha value is -1.39. The molecule has 0 bridgehead atoms. The van der Waals surface area contributed by atoms with E-state index in [9.17, 15) is 14.4 Å². The summed E-state index contributed by atoms with van der Waals surface area (Å²) >= 11 is 0. The first-order valence-corrected chi connectivity index (χ1v) is 5.34. The highest BCUT2D eigenvalue weighted by molar-refractivity contribution is 5.84. The largest absolute Gasteiger partial charge is 0.480 e. The number of carbonyl (C=O) groups excluding carboxylic acids is 2. The van der Waals surface area contributed by atoms with Crippen molar-refractivity contribution in [3.8, 4) is 0 Å². The highest BCUT2D eigenvalue weighted by Crippen LogP contribution is 2.03. The number of hydrogen-bond acceptors (Lipinski definition) is 3. The SMILES string of the molecule is CC(=O)CC[C@@H](NC(=O)CC(C)C)C(=O)O. The van der Waals surface area contributed by atoms with Gasteiger partial charge in [0.15, 0.2) is 0 Å². The molecule has 0 aromatic heterocycles. The molecule has 0 saturated carbocycles. The van der Waals surface area contributed by atoms with E-state index in [2.05, 4.69) is 5.32 Å². The summed E-state index contributed by atoms with van der Waals surface area (Å²) in [5.41, 5.74) is 0. The maximum atomic E-state index is 11.4. The van der Waals surface area contributed by atoms with E-state index >= 15 is 0 Å². The predicted molar refractivity (Wildman–Crippen MR) is 58.9 cm³/mol. The molecule has 2 N–H and O–H groups in total. The number of hydrogen-bond donors (Lipinski definition) is 2. The monoisotopic (exact) mass is 229 g/mol. The fourth-order valence-electron chi connectivity index (χ4n) is 1.23. The minimum Gasteiger partial charge on any atom is -0.480 e. The van der Waals surface area contributed by atoms with Gasteiger partial charge in [-0.3, -0.25) is 4.79 Å². The summed E-state index contributed by atoms with van der Waals surface area (Å²) in [7, 11) is 0. The first-order chi connectivity index (χ1) is 7.32. The van der Waals surface area contributed by atoms with Crippen molar-refractivity contribution in [3.63, 3.8) is 0 Å². The number of rotatable bonds is 7. The molecule has 0 rings (SSSR count). The van der Waals surface area contributed by atoms with E-state index in [1.807, 2.05) is 13.8 Å². The number of carboxylic acids is 1. The summed E-state index contributed by atoms with van der Waals surface area (Å²) < 4.78 is 0. The van der Waals surface area contributed by atoms with Gasteiger partial charge in [-0.15, -0.1) is 0 Å². The van der Waals surface area contributed by atoms with Crippen molar-refractivity contribution in [3.05, 3.63) is 0 Å². The molecule has 1 atom stereocenters. The second-order valence-corrected chi connectivity index (χ2v) is 4.30. The minimum absolute atomic E-state index is 0.0793. The number of amides is 1. The van der Waals surface area contributed by atoms with Gasteiger partial charge in [0.25, 0.3) is 0 Å². The van der Waals surface area contributed by atoms with Crippen LogP contribution < -0.4 is 5.32 Å². The van der Waals surface area contributed by atoms with E-state index in [0.29, 0.717) is 6.42 Å². The van der Waals surface area contributed by atoms with Crippen molar-refractivity contribution < 1.29 is 19.5 Å². The van der Waals surface area contributed by atoms with E-state index in [4.69, 9.17) is 5.11 Å². The summed E-state index contributed by atoms with van der Waals surface area (Å²) in [5, 5.41) is 11.3. The van der Waals surface area contributed by atoms with Gasteiger partial charge < -0.3 is 15.2 Å².